The zero-order valence-electron chi connectivity index (χ0n) is 14.1. The molecule has 24 heavy (non-hydrogen) atoms. The third-order valence-electron chi connectivity index (χ3n) is 3.44. The fourth-order valence-electron chi connectivity index (χ4n) is 2.16. The Morgan fingerprint density at radius 2 is 1.62 bits per heavy atom. The van der Waals surface area contributed by atoms with E-state index >= 15 is 0 Å². The van der Waals surface area contributed by atoms with Crippen LogP contribution in [0.25, 0.3) is 0 Å². The third-order valence-corrected chi connectivity index (χ3v) is 3.44. The predicted molar refractivity (Wildman–Crippen MR) is 92.3 cm³/mol. The summed E-state index contributed by atoms with van der Waals surface area (Å²) in [5.74, 6) is 0.721. The minimum atomic E-state index is -0.557. The number of para-hydroxylation sites is 2. The van der Waals surface area contributed by atoms with Gasteiger partial charge in [-0.1, -0.05) is 48.5 Å². The first-order valence-electron chi connectivity index (χ1n) is 7.74. The lowest BCUT2D eigenvalue weighted by Crippen LogP contribution is -2.18. The van der Waals surface area contributed by atoms with E-state index in [1.807, 2.05) is 36.4 Å². The van der Waals surface area contributed by atoms with Crippen LogP contribution in [0.4, 0.5) is 0 Å². The second-order valence-corrected chi connectivity index (χ2v) is 5.11. The van der Waals surface area contributed by atoms with Crippen molar-refractivity contribution in [1.29, 1.82) is 0 Å². The summed E-state index contributed by atoms with van der Waals surface area (Å²) in [6, 6.07) is 15.1. The third kappa shape index (κ3) is 4.59. The predicted octanol–water partition coefficient (Wildman–Crippen LogP) is 3.76. The van der Waals surface area contributed by atoms with E-state index in [1.165, 1.54) is 14.0 Å². The molecule has 0 aliphatic carbocycles. The summed E-state index contributed by atoms with van der Waals surface area (Å²) in [6.07, 6.45) is 0.888. The Bertz CT molecular complexity index is 725. The number of benzene rings is 2. The van der Waals surface area contributed by atoms with Crippen molar-refractivity contribution in [2.75, 3.05) is 7.11 Å². The molecule has 0 atom stereocenters. The van der Waals surface area contributed by atoms with Crippen LogP contribution in [0, 0.1) is 0 Å². The molecule has 5 heteroatoms. The Balaban J connectivity index is 2.11. The molecular weight excluding hydrogens is 306 g/mol. The molecule has 0 saturated heterocycles. The van der Waals surface area contributed by atoms with Gasteiger partial charge in [0.25, 0.3) is 0 Å². The normalized spacial score (nSPS) is 11.0. The van der Waals surface area contributed by atoms with Gasteiger partial charge in [0.1, 0.15) is 25.2 Å². The first-order chi connectivity index (χ1) is 11.7. The van der Waals surface area contributed by atoms with Crippen molar-refractivity contribution < 1.29 is 19.1 Å². The van der Waals surface area contributed by atoms with Crippen LogP contribution in [0.15, 0.2) is 53.7 Å². The van der Waals surface area contributed by atoms with Gasteiger partial charge in [0.05, 0.1) is 0 Å². The highest BCUT2D eigenvalue weighted by molar-refractivity contribution is 6.35. The summed E-state index contributed by atoms with van der Waals surface area (Å²) in [5, 5.41) is 3.58. The maximum Gasteiger partial charge on any atom is 0.361 e. The smallest absolute Gasteiger partial charge is 0.361 e. The zero-order valence-corrected chi connectivity index (χ0v) is 14.1. The van der Waals surface area contributed by atoms with E-state index in [0.29, 0.717) is 12.4 Å². The van der Waals surface area contributed by atoms with Gasteiger partial charge in [0.2, 0.25) is 0 Å². The molecule has 0 aromatic heterocycles. The lowest BCUT2D eigenvalue weighted by Gasteiger charge is -2.13. The van der Waals surface area contributed by atoms with Crippen LogP contribution in [0.1, 0.15) is 25.0 Å². The number of rotatable bonds is 7. The van der Waals surface area contributed by atoms with E-state index < -0.39 is 5.97 Å². The van der Waals surface area contributed by atoms with E-state index in [-0.39, 0.29) is 5.71 Å². The molecular formula is C19H21NO4. The van der Waals surface area contributed by atoms with E-state index in [4.69, 9.17) is 9.47 Å². The lowest BCUT2D eigenvalue weighted by molar-refractivity contribution is -0.127. The Labute approximate surface area is 141 Å². The second-order valence-electron chi connectivity index (χ2n) is 5.11. The van der Waals surface area contributed by atoms with E-state index in [1.54, 1.807) is 12.1 Å². The van der Waals surface area contributed by atoms with Gasteiger partial charge in [-0.2, -0.15) is 0 Å². The summed E-state index contributed by atoms with van der Waals surface area (Å²) < 4.78 is 11.3. The average Bonchev–Trinajstić information content (AvgIpc) is 2.61. The van der Waals surface area contributed by atoms with Gasteiger partial charge in [-0.15, -0.1) is 0 Å². The molecule has 2 rings (SSSR count). The quantitative estimate of drug-likeness (QED) is 0.336. The highest BCUT2D eigenvalue weighted by Crippen LogP contribution is 2.23. The summed E-state index contributed by atoms with van der Waals surface area (Å²) in [7, 11) is 1.38. The van der Waals surface area contributed by atoms with E-state index in [9.17, 15) is 4.79 Å². The number of esters is 1. The van der Waals surface area contributed by atoms with Crippen molar-refractivity contribution in [3.8, 4) is 11.5 Å². The first kappa shape index (κ1) is 17.5. The minimum absolute atomic E-state index is 0.143. The minimum Gasteiger partial charge on any atom is -0.488 e. The SMILES string of the molecule is CCc1ccccc1OCc1ccccc1OC(=O)C(C)=NOC. The molecule has 0 heterocycles. The fraction of sp³-hybridized carbons (Fsp3) is 0.263. The van der Waals surface area contributed by atoms with Gasteiger partial charge in [0, 0.05) is 5.56 Å². The molecule has 0 unspecified atom stereocenters. The molecule has 0 spiro atoms. The Morgan fingerprint density at radius 1 is 1.00 bits per heavy atom. The van der Waals surface area contributed by atoms with Crippen LogP contribution in [0.3, 0.4) is 0 Å². The summed E-state index contributed by atoms with van der Waals surface area (Å²) in [5.41, 5.74) is 2.06. The maximum atomic E-state index is 12.0. The summed E-state index contributed by atoms with van der Waals surface area (Å²) in [6.45, 7) is 3.92. The molecule has 0 aliphatic rings. The van der Waals surface area contributed by atoms with E-state index in [0.717, 1.165) is 23.3 Å². The van der Waals surface area contributed by atoms with Gasteiger partial charge in [-0.25, -0.2) is 4.79 Å². The van der Waals surface area contributed by atoms with Crippen LogP contribution in [0.5, 0.6) is 11.5 Å². The largest absolute Gasteiger partial charge is 0.488 e. The molecule has 0 saturated carbocycles. The van der Waals surface area contributed by atoms with Crippen molar-refractivity contribution in [3.63, 3.8) is 0 Å². The average molecular weight is 327 g/mol. The number of ether oxygens (including phenoxy) is 2. The van der Waals surface area contributed by atoms with Gasteiger partial charge < -0.3 is 14.3 Å². The van der Waals surface area contributed by atoms with Gasteiger partial charge >= 0.3 is 5.97 Å². The van der Waals surface area contributed by atoms with Gasteiger partial charge in [-0.3, -0.25) is 0 Å². The van der Waals surface area contributed by atoms with Crippen LogP contribution in [0.2, 0.25) is 0 Å². The maximum absolute atomic E-state index is 12.0. The number of oxime groups is 1. The molecule has 0 N–H and O–H groups in total. The number of hydrogen-bond acceptors (Lipinski definition) is 5. The van der Waals surface area contributed by atoms with Crippen molar-refractivity contribution in [2.24, 2.45) is 5.16 Å². The fourth-order valence-corrected chi connectivity index (χ4v) is 2.16. The second kappa shape index (κ2) is 8.72. The van der Waals surface area contributed by atoms with Gasteiger partial charge in [-0.05, 0) is 31.0 Å². The first-order valence-corrected chi connectivity index (χ1v) is 7.74. The molecule has 2 aromatic rings. The van der Waals surface area contributed by atoms with Crippen molar-refractivity contribution in [1.82, 2.24) is 0 Å². The summed E-state index contributed by atoms with van der Waals surface area (Å²) in [4.78, 5) is 16.5. The monoisotopic (exact) mass is 327 g/mol. The molecule has 0 fully saturated rings. The Morgan fingerprint density at radius 3 is 2.29 bits per heavy atom. The van der Waals surface area contributed by atoms with E-state index in [2.05, 4.69) is 16.9 Å². The van der Waals surface area contributed by atoms with Crippen LogP contribution < -0.4 is 9.47 Å². The van der Waals surface area contributed by atoms with Crippen molar-refractivity contribution in [3.05, 3.63) is 59.7 Å². The standard InChI is InChI=1S/C19H21NO4/c1-4-15-9-5-7-11-17(15)23-13-16-10-6-8-12-18(16)24-19(21)14(2)20-22-3/h5-12H,4,13H2,1-3H3. The number of carbonyl (C=O) groups excluding carboxylic acids is 1. The molecule has 0 amide bonds. The highest BCUT2D eigenvalue weighted by Gasteiger charge is 2.13. The zero-order chi connectivity index (χ0) is 17.4. The van der Waals surface area contributed by atoms with Gasteiger partial charge in [0.15, 0.2) is 5.71 Å². The number of nitrogens with zero attached hydrogens (tertiary/aromatic N) is 1. The molecule has 2 aromatic carbocycles. The molecule has 126 valence electrons. The number of hydrogen-bond donors (Lipinski definition) is 0. The molecule has 0 aliphatic heterocycles. The molecule has 0 radical (unpaired) electrons. The Kier molecular flexibility index (Phi) is 6.37. The highest BCUT2D eigenvalue weighted by atomic mass is 16.6. The van der Waals surface area contributed by atoms with Crippen LogP contribution >= 0.6 is 0 Å². The van der Waals surface area contributed by atoms with Crippen molar-refractivity contribution >= 4 is 11.7 Å². The Hall–Kier alpha value is -2.82. The van der Waals surface area contributed by atoms with Crippen LogP contribution in [-0.2, 0) is 22.7 Å². The number of aryl methyl sites for hydroxylation is 1. The van der Waals surface area contributed by atoms with Crippen molar-refractivity contribution in [2.45, 2.75) is 26.9 Å². The number of carbonyl (C=O) groups is 1. The summed E-state index contributed by atoms with van der Waals surface area (Å²) >= 11 is 0. The lowest BCUT2D eigenvalue weighted by atomic mass is 10.1. The molecule has 0 bridgehead atoms. The van der Waals surface area contributed by atoms with Crippen LogP contribution in [-0.4, -0.2) is 18.8 Å². The molecule has 5 nitrogen and oxygen atoms in total. The topological polar surface area (TPSA) is 57.1 Å².